The Labute approximate surface area is 115 Å². The Morgan fingerprint density at radius 2 is 2.12 bits per heavy atom. The van der Waals surface area contributed by atoms with E-state index in [-0.39, 0.29) is 5.56 Å². The minimum atomic E-state index is -0.143. The second-order valence-corrected chi connectivity index (χ2v) is 5.05. The van der Waals surface area contributed by atoms with Gasteiger partial charge in [-0.05, 0) is 44.0 Å². The number of rotatable bonds is 3. The van der Waals surface area contributed by atoms with Gasteiger partial charge in [0.1, 0.15) is 4.47 Å². The van der Waals surface area contributed by atoms with Crippen molar-refractivity contribution >= 4 is 31.9 Å². The maximum absolute atomic E-state index is 11.8. The molecule has 0 saturated carbocycles. The molecule has 0 atom stereocenters. The van der Waals surface area contributed by atoms with E-state index in [1.54, 1.807) is 12.4 Å². The van der Waals surface area contributed by atoms with Crippen LogP contribution in [0.4, 0.5) is 0 Å². The average molecular weight is 359 g/mol. The summed E-state index contributed by atoms with van der Waals surface area (Å²) in [4.78, 5) is 16.0. The summed E-state index contributed by atoms with van der Waals surface area (Å²) in [7, 11) is 0. The zero-order valence-electron chi connectivity index (χ0n) is 8.81. The van der Waals surface area contributed by atoms with E-state index in [1.165, 1.54) is 4.68 Å². The van der Waals surface area contributed by atoms with Gasteiger partial charge in [0, 0.05) is 18.3 Å². The summed E-state index contributed by atoms with van der Waals surface area (Å²) in [5, 5.41) is 4.05. The van der Waals surface area contributed by atoms with Crippen LogP contribution in [0.3, 0.4) is 0 Å². The van der Waals surface area contributed by atoms with E-state index < -0.39 is 0 Å². The SMILES string of the molecule is O=c1c(Br)c(Br)cnn1CCc1ccccn1. The molecule has 2 rings (SSSR count). The van der Waals surface area contributed by atoms with Crippen LogP contribution in [0.15, 0.2) is 44.3 Å². The third kappa shape index (κ3) is 3.01. The molecule has 2 aromatic rings. The molecule has 2 heterocycles. The topological polar surface area (TPSA) is 47.8 Å². The molecule has 0 bridgehead atoms. The number of aromatic nitrogens is 3. The van der Waals surface area contributed by atoms with Crippen LogP contribution >= 0.6 is 31.9 Å². The van der Waals surface area contributed by atoms with Crippen LogP contribution in [-0.2, 0) is 13.0 Å². The molecule has 17 heavy (non-hydrogen) atoms. The summed E-state index contributed by atoms with van der Waals surface area (Å²) in [6.45, 7) is 0.516. The van der Waals surface area contributed by atoms with Crippen molar-refractivity contribution in [3.63, 3.8) is 0 Å². The second-order valence-electron chi connectivity index (χ2n) is 3.41. The molecule has 0 N–H and O–H groups in total. The normalized spacial score (nSPS) is 10.5. The highest BCUT2D eigenvalue weighted by Crippen LogP contribution is 2.16. The standard InChI is InChI=1S/C11H9Br2N3O/c12-9-7-15-16(11(17)10(9)13)6-4-8-3-1-2-5-14-8/h1-3,5,7H,4,6H2. The Morgan fingerprint density at radius 3 is 2.82 bits per heavy atom. The largest absolute Gasteiger partial charge is 0.282 e. The van der Waals surface area contributed by atoms with Gasteiger partial charge in [-0.2, -0.15) is 5.10 Å². The van der Waals surface area contributed by atoms with Crippen LogP contribution in [0.1, 0.15) is 5.69 Å². The van der Waals surface area contributed by atoms with Crippen molar-refractivity contribution in [3.8, 4) is 0 Å². The number of nitrogens with zero attached hydrogens (tertiary/aromatic N) is 3. The molecule has 0 aliphatic rings. The zero-order valence-corrected chi connectivity index (χ0v) is 12.0. The van der Waals surface area contributed by atoms with Crippen molar-refractivity contribution < 1.29 is 0 Å². The van der Waals surface area contributed by atoms with Crippen molar-refractivity contribution in [2.75, 3.05) is 0 Å². The van der Waals surface area contributed by atoms with Gasteiger partial charge in [-0.25, -0.2) is 4.68 Å². The highest BCUT2D eigenvalue weighted by Gasteiger charge is 2.06. The Morgan fingerprint density at radius 1 is 1.29 bits per heavy atom. The maximum atomic E-state index is 11.8. The van der Waals surface area contributed by atoms with Gasteiger partial charge in [-0.1, -0.05) is 6.07 Å². The van der Waals surface area contributed by atoms with Gasteiger partial charge in [0.15, 0.2) is 0 Å². The number of hydrogen-bond acceptors (Lipinski definition) is 3. The van der Waals surface area contributed by atoms with Crippen LogP contribution in [0.2, 0.25) is 0 Å². The average Bonchev–Trinajstić information content (AvgIpc) is 2.36. The molecule has 0 aliphatic heterocycles. The first kappa shape index (κ1) is 12.4. The molecule has 0 spiro atoms. The molecule has 0 aliphatic carbocycles. The molecule has 0 radical (unpaired) electrons. The van der Waals surface area contributed by atoms with Gasteiger partial charge in [0.25, 0.3) is 5.56 Å². The first-order chi connectivity index (χ1) is 8.18. The number of hydrogen-bond donors (Lipinski definition) is 0. The lowest BCUT2D eigenvalue weighted by molar-refractivity contribution is 0.569. The van der Waals surface area contributed by atoms with E-state index in [2.05, 4.69) is 41.9 Å². The molecule has 4 nitrogen and oxygen atoms in total. The molecular formula is C11H9Br2N3O. The molecule has 0 unspecified atom stereocenters. The second kappa shape index (κ2) is 5.55. The van der Waals surface area contributed by atoms with Gasteiger partial charge in [-0.3, -0.25) is 9.78 Å². The Balaban J connectivity index is 2.16. The summed E-state index contributed by atoms with van der Waals surface area (Å²) in [6, 6.07) is 5.72. The fourth-order valence-corrected chi connectivity index (χ4v) is 1.94. The van der Waals surface area contributed by atoms with Gasteiger partial charge in [0.2, 0.25) is 0 Å². The lowest BCUT2D eigenvalue weighted by Crippen LogP contribution is -2.24. The van der Waals surface area contributed by atoms with E-state index in [1.807, 2.05) is 18.2 Å². The Hall–Kier alpha value is -1.01. The van der Waals surface area contributed by atoms with E-state index in [0.717, 1.165) is 5.69 Å². The van der Waals surface area contributed by atoms with Crippen LogP contribution in [0, 0.1) is 0 Å². The zero-order chi connectivity index (χ0) is 12.3. The summed E-state index contributed by atoms with van der Waals surface area (Å²) in [6.07, 6.45) is 4.02. The van der Waals surface area contributed by atoms with Crippen LogP contribution in [0.5, 0.6) is 0 Å². The predicted octanol–water partition coefficient (Wildman–Crippen LogP) is 2.41. The minimum Gasteiger partial charge on any atom is -0.266 e. The quantitative estimate of drug-likeness (QED) is 0.846. The summed E-state index contributed by atoms with van der Waals surface area (Å²) in [5.41, 5.74) is 0.801. The summed E-state index contributed by atoms with van der Waals surface area (Å²) in [5.74, 6) is 0. The van der Waals surface area contributed by atoms with Crippen LogP contribution in [-0.4, -0.2) is 14.8 Å². The predicted molar refractivity (Wildman–Crippen MR) is 71.8 cm³/mol. The summed E-state index contributed by atoms with van der Waals surface area (Å²) >= 11 is 6.46. The highest BCUT2D eigenvalue weighted by molar-refractivity contribution is 9.13. The van der Waals surface area contributed by atoms with E-state index >= 15 is 0 Å². The molecular weight excluding hydrogens is 350 g/mol. The van der Waals surface area contributed by atoms with Crippen molar-refractivity contribution in [1.29, 1.82) is 0 Å². The highest BCUT2D eigenvalue weighted by atomic mass is 79.9. The third-order valence-corrected chi connectivity index (χ3v) is 4.15. The van der Waals surface area contributed by atoms with Crippen LogP contribution in [0.25, 0.3) is 0 Å². The van der Waals surface area contributed by atoms with E-state index in [0.29, 0.717) is 21.9 Å². The first-order valence-electron chi connectivity index (χ1n) is 4.99. The van der Waals surface area contributed by atoms with Gasteiger partial charge >= 0.3 is 0 Å². The number of halogens is 2. The lowest BCUT2D eigenvalue weighted by atomic mass is 10.3. The molecule has 2 aromatic heterocycles. The minimum absolute atomic E-state index is 0.143. The number of aryl methyl sites for hydroxylation is 2. The number of pyridine rings is 1. The van der Waals surface area contributed by atoms with Crippen molar-refractivity contribution in [2.45, 2.75) is 13.0 Å². The van der Waals surface area contributed by atoms with Gasteiger partial charge < -0.3 is 0 Å². The molecule has 0 aromatic carbocycles. The smallest absolute Gasteiger partial charge is 0.266 e. The summed E-state index contributed by atoms with van der Waals surface area (Å²) < 4.78 is 2.58. The van der Waals surface area contributed by atoms with Crippen molar-refractivity contribution in [3.05, 3.63) is 55.6 Å². The van der Waals surface area contributed by atoms with Crippen molar-refractivity contribution in [1.82, 2.24) is 14.8 Å². The van der Waals surface area contributed by atoms with E-state index in [4.69, 9.17) is 0 Å². The monoisotopic (exact) mass is 357 g/mol. The van der Waals surface area contributed by atoms with E-state index in [9.17, 15) is 4.79 Å². The van der Waals surface area contributed by atoms with Crippen LogP contribution < -0.4 is 5.56 Å². The fraction of sp³-hybridized carbons (Fsp3) is 0.182. The lowest BCUT2D eigenvalue weighted by Gasteiger charge is -2.05. The van der Waals surface area contributed by atoms with Gasteiger partial charge in [-0.15, -0.1) is 0 Å². The molecule has 0 fully saturated rings. The molecule has 0 amide bonds. The first-order valence-corrected chi connectivity index (χ1v) is 6.58. The fourth-order valence-electron chi connectivity index (χ4n) is 1.37. The maximum Gasteiger partial charge on any atom is 0.282 e. The third-order valence-electron chi connectivity index (χ3n) is 2.25. The molecule has 0 saturated heterocycles. The van der Waals surface area contributed by atoms with Crippen molar-refractivity contribution in [2.24, 2.45) is 0 Å². The Bertz CT molecular complexity index is 569. The van der Waals surface area contributed by atoms with Gasteiger partial charge in [0.05, 0.1) is 17.2 Å². The molecule has 6 heteroatoms. The molecule has 88 valence electrons. The Kier molecular flexibility index (Phi) is 4.06.